The number of carbonyl (C=O) groups excluding carboxylic acids is 6. The van der Waals surface area contributed by atoms with Crippen molar-refractivity contribution in [1.82, 2.24) is 20.4 Å². The zero-order valence-corrected chi connectivity index (χ0v) is 51.4. The van der Waals surface area contributed by atoms with E-state index in [1.165, 1.54) is 0 Å². The summed E-state index contributed by atoms with van der Waals surface area (Å²) in [7, 11) is 0. The molecular weight excluding hydrogens is 1080 g/mol. The van der Waals surface area contributed by atoms with Crippen LogP contribution in [0.25, 0.3) is 43.1 Å². The maximum Gasteiger partial charge on any atom is 0.262 e. The molecule has 0 aromatic heterocycles. The second-order valence-electron chi connectivity index (χ2n) is 24.3. The quantitative estimate of drug-likeness (QED) is 0.0479. The standard InChI is InChI=1S/C72H72N4O10/c1-15-17-73-67(77)65(35(3)4)75-69(79)49-31-53(83-45-23-37(7)19-38(8)24-45)59-61-55(85-47-27-41(11)21-42(12)28-47)33-51-58-52(72(82)76(71(51)81)66(36(5)6)68(78)74-18-16-2)34-56(86-48-29-43(13)22-44(14)30-48)62(64(58)61)60-54(32-50(70(75)80)57(49)63(59)60)84-46-25-39(9)20-40(10)26-46/h19-36,65-66H,15-18H2,1-14H3,(H,73,77)(H,74,78). The van der Waals surface area contributed by atoms with E-state index in [9.17, 15) is 9.59 Å². The molecule has 9 aromatic carbocycles. The van der Waals surface area contributed by atoms with Gasteiger partial charge in [-0.25, -0.2) is 0 Å². The Morgan fingerprint density at radius 2 is 0.570 bits per heavy atom. The average molecular weight is 1150 g/mol. The number of hydrogen-bond donors (Lipinski definition) is 2. The van der Waals surface area contributed by atoms with Gasteiger partial charge in [0.15, 0.2) is 0 Å². The third-order valence-corrected chi connectivity index (χ3v) is 16.1. The lowest BCUT2D eigenvalue weighted by molar-refractivity contribution is -0.127. The van der Waals surface area contributed by atoms with Crippen molar-refractivity contribution in [1.29, 1.82) is 0 Å². The van der Waals surface area contributed by atoms with Crippen LogP contribution in [0, 0.1) is 67.2 Å². The summed E-state index contributed by atoms with van der Waals surface area (Å²) in [6, 6.07) is 27.2. The van der Waals surface area contributed by atoms with Crippen LogP contribution in [0.15, 0.2) is 97.1 Å². The van der Waals surface area contributed by atoms with E-state index < -0.39 is 59.4 Å². The number of hydrogen-bond acceptors (Lipinski definition) is 10. The molecule has 11 rings (SSSR count). The second kappa shape index (κ2) is 22.6. The Hall–Kier alpha value is -9.30. The van der Waals surface area contributed by atoms with Crippen molar-refractivity contribution in [2.75, 3.05) is 13.1 Å². The van der Waals surface area contributed by atoms with Crippen molar-refractivity contribution in [3.63, 3.8) is 0 Å². The molecule has 2 unspecified atom stereocenters. The monoisotopic (exact) mass is 1150 g/mol. The summed E-state index contributed by atoms with van der Waals surface area (Å²) in [6.07, 6.45) is 1.25. The Bertz CT molecular complexity index is 3770. The van der Waals surface area contributed by atoms with Gasteiger partial charge in [0.1, 0.15) is 58.1 Å². The van der Waals surface area contributed by atoms with Crippen LogP contribution in [0.1, 0.15) is 140 Å². The van der Waals surface area contributed by atoms with Crippen LogP contribution in [0.4, 0.5) is 0 Å². The Morgan fingerprint density at radius 3 is 0.767 bits per heavy atom. The predicted molar refractivity (Wildman–Crippen MR) is 336 cm³/mol. The normalized spacial score (nSPS) is 13.9. The molecule has 14 heteroatoms. The molecule has 0 aliphatic carbocycles. The van der Waals surface area contributed by atoms with E-state index in [4.69, 9.17) is 18.9 Å². The minimum absolute atomic E-state index is 0.0792. The van der Waals surface area contributed by atoms with Crippen molar-refractivity contribution in [2.45, 2.75) is 122 Å². The van der Waals surface area contributed by atoms with Crippen LogP contribution in [-0.2, 0) is 9.59 Å². The Kier molecular flexibility index (Phi) is 15.4. The molecule has 0 fully saturated rings. The lowest BCUT2D eigenvalue weighted by Gasteiger charge is -2.37. The summed E-state index contributed by atoms with van der Waals surface area (Å²) in [5, 5.41) is 8.54. The lowest BCUT2D eigenvalue weighted by Crippen LogP contribution is -2.56. The Balaban J connectivity index is 1.40. The third-order valence-electron chi connectivity index (χ3n) is 16.1. The zero-order chi connectivity index (χ0) is 61.5. The van der Waals surface area contributed by atoms with Crippen LogP contribution in [0.5, 0.6) is 46.0 Å². The molecule has 0 spiro atoms. The molecule has 0 bridgehead atoms. The van der Waals surface area contributed by atoms with Crippen molar-refractivity contribution in [3.8, 4) is 46.0 Å². The fourth-order valence-electron chi connectivity index (χ4n) is 13.0. The molecule has 6 amide bonds. The average Bonchev–Trinajstić information content (AvgIpc) is 0.682. The molecule has 0 saturated carbocycles. The highest BCUT2D eigenvalue weighted by molar-refractivity contribution is 6.45. The Morgan fingerprint density at radius 1 is 0.349 bits per heavy atom. The first-order valence-corrected chi connectivity index (χ1v) is 29.7. The first-order valence-electron chi connectivity index (χ1n) is 29.7. The maximum absolute atomic E-state index is 15.9. The maximum atomic E-state index is 15.9. The summed E-state index contributed by atoms with van der Waals surface area (Å²) in [4.78, 5) is 94.7. The van der Waals surface area contributed by atoms with Crippen LogP contribution < -0.4 is 29.6 Å². The lowest BCUT2D eigenvalue weighted by atomic mass is 9.80. The number of carbonyl (C=O) groups is 6. The zero-order valence-electron chi connectivity index (χ0n) is 51.4. The summed E-state index contributed by atoms with van der Waals surface area (Å²) in [6.45, 7) is 27.4. The summed E-state index contributed by atoms with van der Waals surface area (Å²) >= 11 is 0. The molecular formula is C72H72N4O10. The highest BCUT2D eigenvalue weighted by Crippen LogP contribution is 2.58. The molecule has 14 nitrogen and oxygen atoms in total. The van der Waals surface area contributed by atoms with Gasteiger partial charge in [0.2, 0.25) is 11.8 Å². The molecule has 9 aromatic rings. The molecule has 2 atom stereocenters. The van der Waals surface area contributed by atoms with Gasteiger partial charge >= 0.3 is 0 Å². The summed E-state index contributed by atoms with van der Waals surface area (Å²) in [5.74, 6) is -2.52. The van der Waals surface area contributed by atoms with Gasteiger partial charge in [-0.2, -0.15) is 0 Å². The van der Waals surface area contributed by atoms with Gasteiger partial charge in [-0.05, 0) is 197 Å². The van der Waals surface area contributed by atoms with Gasteiger partial charge in [0.25, 0.3) is 23.6 Å². The molecule has 2 aliphatic rings. The van der Waals surface area contributed by atoms with Gasteiger partial charge in [0, 0.05) is 56.2 Å². The van der Waals surface area contributed by atoms with Crippen LogP contribution in [0.3, 0.4) is 0 Å². The van der Waals surface area contributed by atoms with Gasteiger partial charge in [-0.1, -0.05) is 65.8 Å². The molecule has 2 aliphatic heterocycles. The van der Waals surface area contributed by atoms with Gasteiger partial charge < -0.3 is 29.6 Å². The topological polar surface area (TPSA) is 170 Å². The number of nitrogens with one attached hydrogen (secondary N) is 2. The van der Waals surface area contributed by atoms with Crippen molar-refractivity contribution in [2.24, 2.45) is 11.8 Å². The van der Waals surface area contributed by atoms with Gasteiger partial charge in [-0.15, -0.1) is 0 Å². The largest absolute Gasteiger partial charge is 0.457 e. The number of ether oxygens (including phenoxy) is 4. The molecule has 2 N–H and O–H groups in total. The van der Waals surface area contributed by atoms with Crippen molar-refractivity contribution >= 4 is 78.5 Å². The first-order chi connectivity index (χ1) is 41.0. The van der Waals surface area contributed by atoms with E-state index in [0.29, 0.717) is 81.2 Å². The molecule has 86 heavy (non-hydrogen) atoms. The SMILES string of the molecule is CCCNC(=O)C(C(C)C)N1C(=O)c2cc(Oc3cc(C)cc(C)c3)c3c4c(Oc5cc(C)cc(C)c5)cc5c6c(cc(Oc7cc(C)cc(C)c7)c(c7c(Oc8cc(C)cc(C)c8)cc(c2c37)C1=O)c64)C(=O)N(C(C(=O)NCCC)C(C)C)C5=O. The fourth-order valence-corrected chi connectivity index (χ4v) is 13.0. The number of fused-ring (bicyclic) bond motifs is 2. The number of imide groups is 2. The van der Waals surface area contributed by atoms with Crippen LogP contribution in [0.2, 0.25) is 0 Å². The molecule has 2 heterocycles. The highest BCUT2D eigenvalue weighted by Gasteiger charge is 2.47. The predicted octanol–water partition coefficient (Wildman–Crippen LogP) is 15.7. The highest BCUT2D eigenvalue weighted by atomic mass is 16.5. The molecule has 440 valence electrons. The third kappa shape index (κ3) is 10.3. The summed E-state index contributed by atoms with van der Waals surface area (Å²) < 4.78 is 29.0. The minimum Gasteiger partial charge on any atom is -0.457 e. The van der Waals surface area contributed by atoms with E-state index >= 15 is 19.2 Å². The van der Waals surface area contributed by atoms with Crippen molar-refractivity contribution < 1.29 is 47.7 Å². The minimum atomic E-state index is -1.22. The van der Waals surface area contributed by atoms with E-state index in [1.54, 1.807) is 52.0 Å². The van der Waals surface area contributed by atoms with Crippen molar-refractivity contribution in [3.05, 3.63) is 164 Å². The number of aryl methyl sites for hydroxylation is 8. The number of amides is 6. The van der Waals surface area contributed by atoms with Crippen LogP contribution >= 0.6 is 0 Å². The van der Waals surface area contributed by atoms with Crippen LogP contribution in [-0.4, -0.2) is 70.4 Å². The van der Waals surface area contributed by atoms with Gasteiger partial charge in [-0.3, -0.25) is 38.6 Å². The van der Waals surface area contributed by atoms with E-state index in [0.717, 1.165) is 54.3 Å². The Labute approximate surface area is 501 Å². The number of benzene rings is 9. The first kappa shape index (κ1) is 58.5. The molecule has 0 saturated heterocycles. The van der Waals surface area contributed by atoms with Gasteiger partial charge in [0.05, 0.1) is 22.3 Å². The second-order valence-corrected chi connectivity index (χ2v) is 24.3. The smallest absolute Gasteiger partial charge is 0.262 e. The number of nitrogens with zero attached hydrogens (tertiary/aromatic N) is 2. The molecule has 0 radical (unpaired) electrons. The van der Waals surface area contributed by atoms with E-state index in [-0.39, 0.29) is 56.0 Å². The number of rotatable bonds is 18. The van der Waals surface area contributed by atoms with E-state index in [2.05, 4.69) is 10.6 Å². The van der Waals surface area contributed by atoms with E-state index in [1.807, 2.05) is 142 Å². The fraction of sp³-hybridized carbons (Fsp3) is 0.306. The summed E-state index contributed by atoms with van der Waals surface area (Å²) in [5.41, 5.74) is 7.50.